The van der Waals surface area contributed by atoms with Crippen LogP contribution in [0.4, 0.5) is 13.6 Å². The third-order valence-corrected chi connectivity index (χ3v) is 6.26. The minimum Gasteiger partial charge on any atom is -0.480 e. The lowest BCUT2D eigenvalue weighted by Gasteiger charge is -2.20. The standard InChI is InChI=1S/C25H26F2N2O5/c26-23(27)20(12-22(30)28-21(24(31)32)11-14-9-10-14)29-25(33)34-13-19-17-7-3-1-5-15(17)16-6-2-4-8-18(16)19/h1-8,14,19-21,23H,9-13H2,(H,28,30)(H,29,33)(H,31,32). The molecule has 2 aliphatic carbocycles. The van der Waals surface area contributed by atoms with Gasteiger partial charge in [-0.05, 0) is 34.6 Å². The molecular weight excluding hydrogens is 446 g/mol. The number of fused-ring (bicyclic) bond motifs is 3. The molecular formula is C25H26F2N2O5. The first-order chi connectivity index (χ1) is 16.3. The molecule has 2 atom stereocenters. The summed E-state index contributed by atoms with van der Waals surface area (Å²) >= 11 is 0. The SMILES string of the molecule is O=C(CC(NC(=O)OCC1c2ccccc2-c2ccccc21)C(F)F)NC(CC1CC1)C(=O)O. The number of alkyl halides is 2. The summed E-state index contributed by atoms with van der Waals surface area (Å²) in [7, 11) is 0. The number of amides is 2. The molecule has 34 heavy (non-hydrogen) atoms. The van der Waals surface area contributed by atoms with Gasteiger partial charge in [0, 0.05) is 5.92 Å². The number of rotatable bonds is 10. The van der Waals surface area contributed by atoms with E-state index in [4.69, 9.17) is 4.74 Å². The topological polar surface area (TPSA) is 105 Å². The summed E-state index contributed by atoms with van der Waals surface area (Å²) in [5, 5.41) is 13.6. The summed E-state index contributed by atoms with van der Waals surface area (Å²) in [4.78, 5) is 35.8. The zero-order valence-corrected chi connectivity index (χ0v) is 18.4. The number of carbonyl (C=O) groups excluding carboxylic acids is 2. The lowest BCUT2D eigenvalue weighted by atomic mass is 9.98. The first-order valence-electron chi connectivity index (χ1n) is 11.2. The summed E-state index contributed by atoms with van der Waals surface area (Å²) in [6.45, 7) is -0.0511. The Hall–Kier alpha value is -3.49. The second kappa shape index (κ2) is 10.2. The molecule has 9 heteroatoms. The number of carboxylic acid groups (broad SMARTS) is 1. The second-order valence-electron chi connectivity index (χ2n) is 8.75. The van der Waals surface area contributed by atoms with Gasteiger partial charge in [0.05, 0.1) is 6.42 Å². The predicted octanol–water partition coefficient (Wildman–Crippen LogP) is 3.92. The molecule has 1 saturated carbocycles. The van der Waals surface area contributed by atoms with Gasteiger partial charge in [0.2, 0.25) is 5.91 Å². The number of nitrogens with one attached hydrogen (secondary N) is 2. The molecule has 1 fully saturated rings. The molecule has 7 nitrogen and oxygen atoms in total. The van der Waals surface area contributed by atoms with E-state index < -0.39 is 42.9 Å². The van der Waals surface area contributed by atoms with Gasteiger partial charge in [-0.1, -0.05) is 61.4 Å². The lowest BCUT2D eigenvalue weighted by molar-refractivity contribution is -0.142. The molecule has 2 unspecified atom stereocenters. The fourth-order valence-corrected chi connectivity index (χ4v) is 4.36. The lowest BCUT2D eigenvalue weighted by Crippen LogP contribution is -2.47. The van der Waals surface area contributed by atoms with E-state index in [1.54, 1.807) is 0 Å². The third-order valence-electron chi connectivity index (χ3n) is 6.26. The van der Waals surface area contributed by atoms with E-state index in [9.17, 15) is 28.3 Å². The smallest absolute Gasteiger partial charge is 0.407 e. The van der Waals surface area contributed by atoms with Gasteiger partial charge in [-0.15, -0.1) is 0 Å². The van der Waals surface area contributed by atoms with Crippen molar-refractivity contribution in [3.8, 4) is 11.1 Å². The van der Waals surface area contributed by atoms with Gasteiger partial charge in [-0.3, -0.25) is 4.79 Å². The Balaban J connectivity index is 1.34. The third kappa shape index (κ3) is 5.52. The molecule has 2 amide bonds. The number of hydrogen-bond acceptors (Lipinski definition) is 4. The van der Waals surface area contributed by atoms with E-state index >= 15 is 0 Å². The molecule has 0 heterocycles. The van der Waals surface area contributed by atoms with Gasteiger partial charge in [0.25, 0.3) is 6.43 Å². The molecule has 2 aromatic rings. The van der Waals surface area contributed by atoms with Crippen LogP contribution in [0.25, 0.3) is 11.1 Å². The number of alkyl carbamates (subject to hydrolysis) is 1. The van der Waals surface area contributed by atoms with Gasteiger partial charge in [0.1, 0.15) is 18.7 Å². The highest BCUT2D eigenvalue weighted by Gasteiger charge is 2.33. The zero-order valence-electron chi connectivity index (χ0n) is 18.4. The quantitative estimate of drug-likeness (QED) is 0.486. The van der Waals surface area contributed by atoms with Crippen molar-refractivity contribution in [2.75, 3.05) is 6.61 Å². The summed E-state index contributed by atoms with van der Waals surface area (Å²) in [6.07, 6.45) is -2.80. The maximum absolute atomic E-state index is 13.5. The number of aliphatic carboxylic acids is 1. The van der Waals surface area contributed by atoms with Gasteiger partial charge < -0.3 is 20.5 Å². The molecule has 0 aromatic heterocycles. The summed E-state index contributed by atoms with van der Waals surface area (Å²) in [5.74, 6) is -2.08. The second-order valence-corrected chi connectivity index (χ2v) is 8.75. The average Bonchev–Trinajstić information content (AvgIpc) is 3.57. The molecule has 0 bridgehead atoms. The Morgan fingerprint density at radius 1 is 0.971 bits per heavy atom. The summed E-state index contributed by atoms with van der Waals surface area (Å²) in [5.41, 5.74) is 4.04. The van der Waals surface area contributed by atoms with Crippen molar-refractivity contribution in [3.63, 3.8) is 0 Å². The van der Waals surface area contributed by atoms with Crippen LogP contribution in [0.1, 0.15) is 42.7 Å². The van der Waals surface area contributed by atoms with Crippen molar-refractivity contribution in [2.45, 2.75) is 50.1 Å². The highest BCUT2D eigenvalue weighted by Crippen LogP contribution is 2.44. The highest BCUT2D eigenvalue weighted by molar-refractivity contribution is 5.84. The maximum atomic E-state index is 13.5. The van der Waals surface area contributed by atoms with E-state index in [-0.39, 0.29) is 24.9 Å². The van der Waals surface area contributed by atoms with Crippen molar-refractivity contribution in [1.29, 1.82) is 0 Å². The largest absolute Gasteiger partial charge is 0.480 e. The van der Waals surface area contributed by atoms with Crippen LogP contribution < -0.4 is 10.6 Å². The van der Waals surface area contributed by atoms with Crippen LogP contribution in [-0.4, -0.2) is 48.2 Å². The van der Waals surface area contributed by atoms with E-state index in [1.807, 2.05) is 48.5 Å². The first kappa shape index (κ1) is 23.7. The fraction of sp³-hybridized carbons (Fsp3) is 0.400. The summed E-state index contributed by atoms with van der Waals surface area (Å²) < 4.78 is 32.3. The van der Waals surface area contributed by atoms with Crippen molar-refractivity contribution in [2.24, 2.45) is 5.92 Å². The molecule has 4 rings (SSSR count). The maximum Gasteiger partial charge on any atom is 0.407 e. The number of hydrogen-bond donors (Lipinski definition) is 3. The highest BCUT2D eigenvalue weighted by atomic mass is 19.3. The number of ether oxygens (including phenoxy) is 1. The Morgan fingerprint density at radius 3 is 2.09 bits per heavy atom. The Labute approximate surface area is 195 Å². The van der Waals surface area contributed by atoms with E-state index in [0.29, 0.717) is 0 Å². The molecule has 2 aliphatic rings. The van der Waals surface area contributed by atoms with Crippen LogP contribution >= 0.6 is 0 Å². The van der Waals surface area contributed by atoms with E-state index in [2.05, 4.69) is 10.6 Å². The normalized spacial score (nSPS) is 16.3. The van der Waals surface area contributed by atoms with Crippen LogP contribution in [0.3, 0.4) is 0 Å². The Morgan fingerprint density at radius 2 is 1.56 bits per heavy atom. The first-order valence-corrected chi connectivity index (χ1v) is 11.2. The van der Waals surface area contributed by atoms with Crippen molar-refractivity contribution >= 4 is 18.0 Å². The Kier molecular flexibility index (Phi) is 7.09. The molecule has 0 radical (unpaired) electrons. The van der Waals surface area contributed by atoms with Crippen molar-refractivity contribution < 1.29 is 33.0 Å². The van der Waals surface area contributed by atoms with Crippen LogP contribution in [0.5, 0.6) is 0 Å². The number of halogens is 2. The van der Waals surface area contributed by atoms with Crippen molar-refractivity contribution in [1.82, 2.24) is 10.6 Å². The molecule has 3 N–H and O–H groups in total. The molecule has 0 aliphatic heterocycles. The van der Waals surface area contributed by atoms with Crippen molar-refractivity contribution in [3.05, 3.63) is 59.7 Å². The number of carboxylic acids is 1. The summed E-state index contributed by atoms with van der Waals surface area (Å²) in [6, 6.07) is 12.5. The molecule has 0 saturated heterocycles. The molecule has 2 aromatic carbocycles. The number of benzene rings is 2. The average molecular weight is 472 g/mol. The molecule has 0 spiro atoms. The van der Waals surface area contributed by atoms with Crippen LogP contribution in [-0.2, 0) is 14.3 Å². The minimum absolute atomic E-state index is 0.0511. The van der Waals surface area contributed by atoms with Crippen LogP contribution in [0.2, 0.25) is 0 Å². The molecule has 180 valence electrons. The Bertz CT molecular complexity index is 1030. The minimum atomic E-state index is -3.03. The van der Waals surface area contributed by atoms with Gasteiger partial charge in [0.15, 0.2) is 0 Å². The number of carbonyl (C=O) groups is 3. The van der Waals surface area contributed by atoms with Gasteiger partial charge in [-0.2, -0.15) is 0 Å². The van der Waals surface area contributed by atoms with E-state index in [1.165, 1.54) is 0 Å². The zero-order chi connectivity index (χ0) is 24.2. The van der Waals surface area contributed by atoms with Gasteiger partial charge >= 0.3 is 12.1 Å². The van der Waals surface area contributed by atoms with Crippen LogP contribution in [0.15, 0.2) is 48.5 Å². The predicted molar refractivity (Wildman–Crippen MR) is 120 cm³/mol. The fourth-order valence-electron chi connectivity index (χ4n) is 4.36. The van der Waals surface area contributed by atoms with E-state index in [0.717, 1.165) is 35.1 Å². The van der Waals surface area contributed by atoms with Crippen LogP contribution in [0, 0.1) is 5.92 Å². The monoisotopic (exact) mass is 472 g/mol. The van der Waals surface area contributed by atoms with Gasteiger partial charge in [-0.25, -0.2) is 18.4 Å².